The van der Waals surface area contributed by atoms with Crippen molar-refractivity contribution in [2.24, 2.45) is 0 Å². The number of hydrogen-bond donors (Lipinski definition) is 1. The fraction of sp³-hybridized carbons (Fsp3) is 0.176. The number of thioether (sulfide) groups is 1. The molecule has 106 valence electrons. The van der Waals surface area contributed by atoms with Crippen molar-refractivity contribution in [2.45, 2.75) is 12.2 Å². The van der Waals surface area contributed by atoms with E-state index in [-0.39, 0.29) is 5.91 Å². The number of benzene rings is 2. The zero-order valence-electron chi connectivity index (χ0n) is 11.6. The van der Waals surface area contributed by atoms with Crippen LogP contribution in [0.1, 0.15) is 17.5 Å². The molecule has 21 heavy (non-hydrogen) atoms. The highest BCUT2D eigenvalue weighted by Gasteiger charge is 2.02. The van der Waals surface area contributed by atoms with Crippen molar-refractivity contribution in [3.05, 3.63) is 65.7 Å². The zero-order chi connectivity index (χ0) is 14.9. The van der Waals surface area contributed by atoms with Crippen molar-refractivity contribution >= 4 is 23.4 Å². The van der Waals surface area contributed by atoms with Gasteiger partial charge in [-0.15, -0.1) is 0 Å². The molecule has 0 heterocycles. The summed E-state index contributed by atoms with van der Waals surface area (Å²) in [6.07, 6.45) is 0.484. The molecule has 1 amide bonds. The monoisotopic (exact) mass is 296 g/mol. The van der Waals surface area contributed by atoms with Gasteiger partial charge in [-0.3, -0.25) is 4.79 Å². The Labute approximate surface area is 129 Å². The number of rotatable bonds is 6. The first kappa shape index (κ1) is 15.1. The summed E-state index contributed by atoms with van der Waals surface area (Å²) in [5.74, 6) is 1.71. The molecule has 2 aromatic carbocycles. The number of nitriles is 1. The Morgan fingerprint density at radius 3 is 2.48 bits per heavy atom. The van der Waals surface area contributed by atoms with Crippen LogP contribution in [0, 0.1) is 11.3 Å². The topological polar surface area (TPSA) is 52.9 Å². The van der Waals surface area contributed by atoms with E-state index in [1.165, 1.54) is 5.56 Å². The van der Waals surface area contributed by atoms with Crippen LogP contribution < -0.4 is 5.32 Å². The number of nitrogens with one attached hydrogen (secondary N) is 1. The molecular weight excluding hydrogens is 280 g/mol. The summed E-state index contributed by atoms with van der Waals surface area (Å²) in [7, 11) is 0. The predicted molar refractivity (Wildman–Crippen MR) is 87.0 cm³/mol. The molecule has 1 N–H and O–H groups in total. The summed E-state index contributed by atoms with van der Waals surface area (Å²) in [6.45, 7) is 0. The highest BCUT2D eigenvalue weighted by molar-refractivity contribution is 7.98. The summed E-state index contributed by atoms with van der Waals surface area (Å²) in [4.78, 5) is 11.8. The smallest absolute Gasteiger partial charge is 0.225 e. The molecule has 0 aromatic heterocycles. The Kier molecular flexibility index (Phi) is 5.86. The highest BCUT2D eigenvalue weighted by Crippen LogP contribution is 2.14. The average Bonchev–Trinajstić information content (AvgIpc) is 2.53. The van der Waals surface area contributed by atoms with E-state index < -0.39 is 0 Å². The third-order valence-corrected chi connectivity index (χ3v) is 3.91. The van der Waals surface area contributed by atoms with E-state index in [0.717, 1.165) is 17.2 Å². The van der Waals surface area contributed by atoms with E-state index in [0.29, 0.717) is 12.0 Å². The van der Waals surface area contributed by atoms with Crippen LogP contribution in [-0.4, -0.2) is 11.7 Å². The van der Waals surface area contributed by atoms with Gasteiger partial charge in [0.25, 0.3) is 0 Å². The third-order valence-electron chi connectivity index (χ3n) is 2.88. The standard InChI is InChI=1S/C17H16N2OS/c18-12-14-6-8-16(9-7-14)19-17(20)10-11-21-13-15-4-2-1-3-5-15/h1-9H,10-11,13H2,(H,19,20). The number of carbonyl (C=O) groups excluding carboxylic acids is 1. The maximum atomic E-state index is 11.8. The molecule has 2 rings (SSSR count). The Morgan fingerprint density at radius 2 is 1.81 bits per heavy atom. The number of hydrogen-bond acceptors (Lipinski definition) is 3. The minimum atomic E-state index is 0.000249. The largest absolute Gasteiger partial charge is 0.326 e. The Balaban J connectivity index is 1.69. The van der Waals surface area contributed by atoms with E-state index in [9.17, 15) is 4.79 Å². The number of anilines is 1. The molecule has 0 aliphatic rings. The lowest BCUT2D eigenvalue weighted by molar-refractivity contribution is -0.115. The van der Waals surface area contributed by atoms with Crippen LogP contribution in [0.5, 0.6) is 0 Å². The first-order valence-electron chi connectivity index (χ1n) is 6.69. The third kappa shape index (κ3) is 5.33. The lowest BCUT2D eigenvalue weighted by atomic mass is 10.2. The summed E-state index contributed by atoms with van der Waals surface area (Å²) in [5, 5.41) is 11.5. The molecule has 4 heteroatoms. The van der Waals surface area contributed by atoms with Crippen molar-refractivity contribution < 1.29 is 4.79 Å². The molecule has 0 spiro atoms. The van der Waals surface area contributed by atoms with Gasteiger partial charge in [0.15, 0.2) is 0 Å². The first-order valence-corrected chi connectivity index (χ1v) is 7.85. The van der Waals surface area contributed by atoms with Crippen LogP contribution in [0.2, 0.25) is 0 Å². The second-order valence-electron chi connectivity index (χ2n) is 4.53. The van der Waals surface area contributed by atoms with Crippen molar-refractivity contribution in [1.82, 2.24) is 0 Å². The molecule has 0 atom stereocenters. The van der Waals surface area contributed by atoms with E-state index in [4.69, 9.17) is 5.26 Å². The van der Waals surface area contributed by atoms with Crippen molar-refractivity contribution in [1.29, 1.82) is 5.26 Å². The SMILES string of the molecule is N#Cc1ccc(NC(=O)CCSCc2ccccc2)cc1. The van der Waals surface area contributed by atoms with Gasteiger partial charge in [-0.05, 0) is 29.8 Å². The van der Waals surface area contributed by atoms with E-state index in [1.54, 1.807) is 36.0 Å². The molecule has 0 aliphatic heterocycles. The van der Waals surface area contributed by atoms with Crippen LogP contribution in [0.15, 0.2) is 54.6 Å². The van der Waals surface area contributed by atoms with Crippen molar-refractivity contribution in [3.63, 3.8) is 0 Å². The molecule has 0 radical (unpaired) electrons. The average molecular weight is 296 g/mol. The second-order valence-corrected chi connectivity index (χ2v) is 5.63. The van der Waals surface area contributed by atoms with Gasteiger partial charge in [-0.2, -0.15) is 17.0 Å². The van der Waals surface area contributed by atoms with Crippen LogP contribution in [0.3, 0.4) is 0 Å². The van der Waals surface area contributed by atoms with E-state index in [1.807, 2.05) is 24.3 Å². The molecule has 0 saturated carbocycles. The fourth-order valence-corrected chi connectivity index (χ4v) is 2.68. The summed E-state index contributed by atoms with van der Waals surface area (Å²) >= 11 is 1.75. The number of nitrogens with zero attached hydrogens (tertiary/aromatic N) is 1. The van der Waals surface area contributed by atoms with Crippen molar-refractivity contribution in [3.8, 4) is 6.07 Å². The molecule has 0 bridgehead atoms. The summed E-state index contributed by atoms with van der Waals surface area (Å²) in [5.41, 5.74) is 2.59. The van der Waals surface area contributed by atoms with Gasteiger partial charge in [0, 0.05) is 23.6 Å². The highest BCUT2D eigenvalue weighted by atomic mass is 32.2. The zero-order valence-corrected chi connectivity index (χ0v) is 12.4. The van der Waals surface area contributed by atoms with Gasteiger partial charge in [-0.25, -0.2) is 0 Å². The number of amides is 1. The molecule has 0 unspecified atom stereocenters. The molecule has 0 saturated heterocycles. The van der Waals surface area contributed by atoms with Crippen LogP contribution in [-0.2, 0) is 10.5 Å². The quantitative estimate of drug-likeness (QED) is 0.824. The van der Waals surface area contributed by atoms with E-state index >= 15 is 0 Å². The minimum absolute atomic E-state index is 0.000249. The van der Waals surface area contributed by atoms with Crippen LogP contribution in [0.4, 0.5) is 5.69 Å². The van der Waals surface area contributed by atoms with Gasteiger partial charge in [0.05, 0.1) is 11.6 Å². The predicted octanol–water partition coefficient (Wildman–Crippen LogP) is 3.82. The van der Waals surface area contributed by atoms with Gasteiger partial charge in [0.2, 0.25) is 5.91 Å². The lowest BCUT2D eigenvalue weighted by Crippen LogP contribution is -2.12. The lowest BCUT2D eigenvalue weighted by Gasteiger charge is -2.05. The minimum Gasteiger partial charge on any atom is -0.326 e. The van der Waals surface area contributed by atoms with Gasteiger partial charge >= 0.3 is 0 Å². The summed E-state index contributed by atoms with van der Waals surface area (Å²) in [6, 6.07) is 19.1. The Morgan fingerprint density at radius 1 is 1.10 bits per heavy atom. The van der Waals surface area contributed by atoms with Gasteiger partial charge < -0.3 is 5.32 Å². The van der Waals surface area contributed by atoms with E-state index in [2.05, 4.69) is 17.4 Å². The first-order chi connectivity index (χ1) is 10.3. The molecular formula is C17H16N2OS. The molecule has 3 nitrogen and oxygen atoms in total. The van der Waals surface area contributed by atoms with Crippen molar-refractivity contribution in [2.75, 3.05) is 11.1 Å². The summed E-state index contributed by atoms with van der Waals surface area (Å²) < 4.78 is 0. The fourth-order valence-electron chi connectivity index (χ4n) is 1.78. The second kappa shape index (κ2) is 8.13. The molecule has 0 aliphatic carbocycles. The molecule has 2 aromatic rings. The Hall–Kier alpha value is -2.25. The normalized spacial score (nSPS) is 9.86. The Bertz CT molecular complexity index is 617. The van der Waals surface area contributed by atoms with Gasteiger partial charge in [0.1, 0.15) is 0 Å². The van der Waals surface area contributed by atoms with Gasteiger partial charge in [-0.1, -0.05) is 30.3 Å². The maximum Gasteiger partial charge on any atom is 0.225 e. The number of carbonyl (C=O) groups is 1. The molecule has 0 fully saturated rings. The maximum absolute atomic E-state index is 11.8. The van der Waals surface area contributed by atoms with Crippen LogP contribution in [0.25, 0.3) is 0 Å². The van der Waals surface area contributed by atoms with Crippen LogP contribution >= 0.6 is 11.8 Å².